The van der Waals surface area contributed by atoms with E-state index in [-0.39, 0.29) is 0 Å². The van der Waals surface area contributed by atoms with E-state index in [9.17, 15) is 0 Å². The van der Waals surface area contributed by atoms with Crippen LogP contribution in [0.2, 0.25) is 0 Å². The van der Waals surface area contributed by atoms with Gasteiger partial charge in [0, 0.05) is 5.54 Å². The van der Waals surface area contributed by atoms with Crippen LogP contribution >= 0.6 is 0 Å². The fraction of sp³-hybridized carbons (Fsp3) is 1.00. The van der Waals surface area contributed by atoms with Gasteiger partial charge in [-0.05, 0) is 38.1 Å². The average molecular weight is 125 g/mol. The Hall–Kier alpha value is -0.0400. The highest BCUT2D eigenvalue weighted by molar-refractivity contribution is 5.26. The lowest BCUT2D eigenvalue weighted by Gasteiger charge is -2.09. The van der Waals surface area contributed by atoms with Crippen molar-refractivity contribution in [3.05, 3.63) is 0 Å². The Balaban J connectivity index is 1.96. The second-order valence-electron chi connectivity index (χ2n) is 3.82. The minimum absolute atomic E-state index is 0.557. The summed E-state index contributed by atoms with van der Waals surface area (Å²) in [6.07, 6.45) is 4.40. The zero-order chi connectivity index (χ0) is 6.54. The van der Waals surface area contributed by atoms with Crippen LogP contribution in [0.15, 0.2) is 0 Å². The molecule has 2 aliphatic rings. The Bertz CT molecular complexity index is 138. The van der Waals surface area contributed by atoms with Crippen molar-refractivity contribution in [1.29, 1.82) is 0 Å². The third-order valence-corrected chi connectivity index (χ3v) is 3.16. The largest absolute Gasteiger partial charge is 0.311 e. The molecule has 0 aromatic rings. The highest BCUT2D eigenvalue weighted by Crippen LogP contribution is 2.72. The van der Waals surface area contributed by atoms with E-state index >= 15 is 0 Å². The van der Waals surface area contributed by atoms with Crippen LogP contribution in [0.5, 0.6) is 0 Å². The fourth-order valence-corrected chi connectivity index (χ4v) is 2.15. The van der Waals surface area contributed by atoms with E-state index in [2.05, 4.69) is 19.2 Å². The molecule has 0 aromatic heterocycles. The van der Waals surface area contributed by atoms with E-state index in [4.69, 9.17) is 0 Å². The first kappa shape index (κ1) is 5.72. The summed E-state index contributed by atoms with van der Waals surface area (Å²) in [5.41, 5.74) is 1.35. The van der Waals surface area contributed by atoms with Gasteiger partial charge in [-0.3, -0.25) is 0 Å². The van der Waals surface area contributed by atoms with Crippen LogP contribution in [0, 0.1) is 5.41 Å². The molecule has 1 nitrogen and oxygen atoms in total. The summed E-state index contributed by atoms with van der Waals surface area (Å²) in [6, 6.07) is 0. The molecule has 1 N–H and O–H groups in total. The van der Waals surface area contributed by atoms with Crippen LogP contribution < -0.4 is 5.32 Å². The molecule has 0 radical (unpaired) electrons. The second kappa shape index (κ2) is 1.34. The van der Waals surface area contributed by atoms with Crippen LogP contribution in [0.3, 0.4) is 0 Å². The number of rotatable bonds is 2. The topological polar surface area (TPSA) is 12.0 Å². The molecule has 0 aromatic carbocycles. The maximum atomic E-state index is 3.55. The molecule has 1 spiro atoms. The molecule has 2 rings (SSSR count). The Labute approximate surface area is 56.8 Å². The van der Waals surface area contributed by atoms with Crippen molar-refractivity contribution in [2.75, 3.05) is 6.54 Å². The van der Waals surface area contributed by atoms with Crippen molar-refractivity contribution in [3.63, 3.8) is 0 Å². The molecule has 0 heterocycles. The van der Waals surface area contributed by atoms with E-state index in [0.29, 0.717) is 5.54 Å². The van der Waals surface area contributed by atoms with Gasteiger partial charge in [0.15, 0.2) is 0 Å². The second-order valence-corrected chi connectivity index (χ2v) is 3.82. The minimum Gasteiger partial charge on any atom is -0.311 e. The van der Waals surface area contributed by atoms with Gasteiger partial charge >= 0.3 is 0 Å². The summed E-state index contributed by atoms with van der Waals surface area (Å²) < 4.78 is 0. The third-order valence-electron chi connectivity index (χ3n) is 3.16. The average Bonchev–Trinajstić information content (AvgIpc) is 2.56. The zero-order valence-corrected chi connectivity index (χ0v) is 6.33. The Morgan fingerprint density at radius 2 is 2.11 bits per heavy atom. The van der Waals surface area contributed by atoms with Crippen LogP contribution in [0.1, 0.15) is 33.1 Å². The number of hydrogen-bond acceptors (Lipinski definition) is 1. The number of nitrogens with one attached hydrogen (secondary N) is 1. The summed E-state index contributed by atoms with van der Waals surface area (Å²) in [5.74, 6) is 0. The van der Waals surface area contributed by atoms with Gasteiger partial charge in [0.1, 0.15) is 0 Å². The molecule has 2 aliphatic carbocycles. The maximum Gasteiger partial charge on any atom is 0.0216 e. The Morgan fingerprint density at radius 1 is 1.44 bits per heavy atom. The van der Waals surface area contributed by atoms with Crippen LogP contribution in [0.4, 0.5) is 0 Å². The maximum absolute atomic E-state index is 3.55. The SMILES string of the molecule is CCNC1(C)CC12CC2. The molecule has 0 bridgehead atoms. The summed E-state index contributed by atoms with van der Waals surface area (Å²) in [5, 5.41) is 3.55. The summed E-state index contributed by atoms with van der Waals surface area (Å²) >= 11 is 0. The highest BCUT2D eigenvalue weighted by Gasteiger charge is 2.70. The predicted molar refractivity (Wildman–Crippen MR) is 38.4 cm³/mol. The van der Waals surface area contributed by atoms with E-state index in [1.54, 1.807) is 0 Å². The van der Waals surface area contributed by atoms with E-state index in [1.165, 1.54) is 19.3 Å². The molecule has 1 heteroatoms. The van der Waals surface area contributed by atoms with Crippen molar-refractivity contribution < 1.29 is 0 Å². The van der Waals surface area contributed by atoms with Crippen molar-refractivity contribution in [3.8, 4) is 0 Å². The fourth-order valence-electron chi connectivity index (χ4n) is 2.15. The van der Waals surface area contributed by atoms with Gasteiger partial charge < -0.3 is 5.32 Å². The first-order valence-electron chi connectivity index (χ1n) is 3.97. The third kappa shape index (κ3) is 0.586. The van der Waals surface area contributed by atoms with Crippen LogP contribution in [0.25, 0.3) is 0 Å². The minimum atomic E-state index is 0.557. The van der Waals surface area contributed by atoms with Gasteiger partial charge in [-0.2, -0.15) is 0 Å². The van der Waals surface area contributed by atoms with Gasteiger partial charge in [0.2, 0.25) is 0 Å². The lowest BCUT2D eigenvalue weighted by atomic mass is 10.2. The molecule has 2 fully saturated rings. The molecule has 0 saturated heterocycles. The van der Waals surface area contributed by atoms with Gasteiger partial charge in [0.25, 0.3) is 0 Å². The standard InChI is InChI=1S/C8H15N/c1-3-9-7(2)6-8(7)4-5-8/h9H,3-6H2,1-2H3. The molecule has 9 heavy (non-hydrogen) atoms. The molecule has 0 amide bonds. The molecule has 1 unspecified atom stereocenters. The summed E-state index contributed by atoms with van der Waals surface area (Å²) in [7, 11) is 0. The molecule has 52 valence electrons. The zero-order valence-electron chi connectivity index (χ0n) is 6.33. The molecular weight excluding hydrogens is 110 g/mol. The van der Waals surface area contributed by atoms with Gasteiger partial charge in [0.05, 0.1) is 0 Å². The van der Waals surface area contributed by atoms with Crippen LogP contribution in [-0.4, -0.2) is 12.1 Å². The van der Waals surface area contributed by atoms with Gasteiger partial charge in [-0.1, -0.05) is 6.92 Å². The smallest absolute Gasteiger partial charge is 0.0216 e. The summed E-state index contributed by atoms with van der Waals surface area (Å²) in [6.45, 7) is 5.70. The predicted octanol–water partition coefficient (Wildman–Crippen LogP) is 1.54. The summed E-state index contributed by atoms with van der Waals surface area (Å²) in [4.78, 5) is 0. The molecule has 1 atom stereocenters. The molecule has 2 saturated carbocycles. The van der Waals surface area contributed by atoms with E-state index in [1.807, 2.05) is 0 Å². The molecule has 0 aliphatic heterocycles. The van der Waals surface area contributed by atoms with Crippen molar-refractivity contribution in [2.45, 2.75) is 38.6 Å². The van der Waals surface area contributed by atoms with E-state index in [0.717, 1.165) is 12.0 Å². The number of hydrogen-bond donors (Lipinski definition) is 1. The Kier molecular flexibility index (Phi) is 0.852. The lowest BCUT2D eigenvalue weighted by molar-refractivity contribution is 0.501. The van der Waals surface area contributed by atoms with Crippen molar-refractivity contribution in [1.82, 2.24) is 5.32 Å². The van der Waals surface area contributed by atoms with E-state index < -0.39 is 0 Å². The van der Waals surface area contributed by atoms with Gasteiger partial charge in [-0.15, -0.1) is 0 Å². The monoisotopic (exact) mass is 125 g/mol. The highest BCUT2D eigenvalue weighted by atomic mass is 15.1. The van der Waals surface area contributed by atoms with Crippen molar-refractivity contribution >= 4 is 0 Å². The normalized spacial score (nSPS) is 43.3. The van der Waals surface area contributed by atoms with Crippen LogP contribution in [-0.2, 0) is 0 Å². The van der Waals surface area contributed by atoms with Gasteiger partial charge in [-0.25, -0.2) is 0 Å². The first-order valence-corrected chi connectivity index (χ1v) is 3.97. The quantitative estimate of drug-likeness (QED) is 0.590. The van der Waals surface area contributed by atoms with Crippen molar-refractivity contribution in [2.24, 2.45) is 5.41 Å². The lowest BCUT2D eigenvalue weighted by Crippen LogP contribution is -2.30. The first-order chi connectivity index (χ1) is 4.22. The molecular formula is C8H15N. The Morgan fingerprint density at radius 3 is 2.44 bits per heavy atom.